The summed E-state index contributed by atoms with van der Waals surface area (Å²) >= 11 is 3.48. The van der Waals surface area contributed by atoms with Crippen molar-refractivity contribution in [3.63, 3.8) is 0 Å². The van der Waals surface area contributed by atoms with Crippen molar-refractivity contribution >= 4 is 15.9 Å². The zero-order valence-electron chi connectivity index (χ0n) is 13.4. The Bertz CT molecular complexity index is 781. The lowest BCUT2D eigenvalue weighted by molar-refractivity contribution is 0.213. The van der Waals surface area contributed by atoms with Gasteiger partial charge in [0.1, 0.15) is 5.75 Å². The first-order chi connectivity index (χ1) is 11.7. The smallest absolute Gasteiger partial charge is 0.122 e. The monoisotopic (exact) mass is 382 g/mol. The summed E-state index contributed by atoms with van der Waals surface area (Å²) < 4.78 is 7.05. The summed E-state index contributed by atoms with van der Waals surface area (Å²) in [6.45, 7) is 4.00. The van der Waals surface area contributed by atoms with Crippen LogP contribution in [-0.2, 0) is 6.42 Å². The summed E-state index contributed by atoms with van der Waals surface area (Å²) in [6, 6.07) is 16.6. The molecule has 24 heavy (non-hydrogen) atoms. The second-order valence-electron chi connectivity index (χ2n) is 6.68. The molecular formula is C20H19BrN2O. The maximum absolute atomic E-state index is 9.16. The highest BCUT2D eigenvalue weighted by Crippen LogP contribution is 2.41. The normalized spacial score (nSPS) is 22.3. The lowest BCUT2D eigenvalue weighted by Crippen LogP contribution is -2.25. The zero-order chi connectivity index (χ0) is 16.5. The molecule has 4 rings (SSSR count). The number of fused-ring (bicyclic) bond motifs is 3. The van der Waals surface area contributed by atoms with Crippen LogP contribution in [0.3, 0.4) is 0 Å². The lowest BCUT2D eigenvalue weighted by atomic mass is 9.86. The first-order valence-corrected chi connectivity index (χ1v) is 9.16. The number of likely N-dealkylation sites (tertiary alicyclic amines) is 1. The molecular weight excluding hydrogens is 364 g/mol. The molecule has 1 fully saturated rings. The van der Waals surface area contributed by atoms with Crippen LogP contribution < -0.4 is 4.74 Å². The molecule has 4 heteroatoms. The molecule has 2 heterocycles. The molecule has 122 valence electrons. The van der Waals surface area contributed by atoms with Crippen molar-refractivity contribution in [2.24, 2.45) is 5.92 Å². The van der Waals surface area contributed by atoms with Crippen LogP contribution in [0.1, 0.15) is 22.6 Å². The van der Waals surface area contributed by atoms with E-state index in [1.807, 2.05) is 18.2 Å². The predicted octanol–water partition coefficient (Wildman–Crippen LogP) is 3.97. The second-order valence-corrected chi connectivity index (χ2v) is 7.59. The third-order valence-electron chi connectivity index (χ3n) is 5.14. The maximum atomic E-state index is 9.16. The van der Waals surface area contributed by atoms with E-state index in [1.165, 1.54) is 11.1 Å². The molecule has 0 aromatic heterocycles. The number of hydrogen-bond acceptors (Lipinski definition) is 3. The first-order valence-electron chi connectivity index (χ1n) is 8.36. The first kappa shape index (κ1) is 15.7. The van der Waals surface area contributed by atoms with Gasteiger partial charge in [-0.05, 0) is 42.3 Å². The molecule has 1 saturated heterocycles. The fraction of sp³-hybridized carbons (Fsp3) is 0.350. The van der Waals surface area contributed by atoms with Crippen molar-refractivity contribution in [1.82, 2.24) is 4.90 Å². The third kappa shape index (κ3) is 3.07. The van der Waals surface area contributed by atoms with E-state index in [1.54, 1.807) is 0 Å². The van der Waals surface area contributed by atoms with Crippen LogP contribution >= 0.6 is 15.9 Å². The van der Waals surface area contributed by atoms with Crippen molar-refractivity contribution in [2.75, 3.05) is 26.2 Å². The van der Waals surface area contributed by atoms with E-state index in [9.17, 15) is 0 Å². The highest BCUT2D eigenvalue weighted by atomic mass is 79.9. The van der Waals surface area contributed by atoms with Gasteiger partial charge < -0.3 is 9.64 Å². The Labute approximate surface area is 151 Å². The van der Waals surface area contributed by atoms with Gasteiger partial charge in [0, 0.05) is 41.5 Å². The van der Waals surface area contributed by atoms with Crippen LogP contribution in [0.2, 0.25) is 0 Å². The quantitative estimate of drug-likeness (QED) is 0.805. The minimum Gasteiger partial charge on any atom is -0.493 e. The maximum Gasteiger partial charge on any atom is 0.122 e. The van der Waals surface area contributed by atoms with Crippen LogP contribution in [0.5, 0.6) is 5.75 Å². The van der Waals surface area contributed by atoms with Crippen molar-refractivity contribution < 1.29 is 4.74 Å². The van der Waals surface area contributed by atoms with Gasteiger partial charge in [-0.3, -0.25) is 0 Å². The number of rotatable bonds is 3. The summed E-state index contributed by atoms with van der Waals surface area (Å²) in [5.74, 6) is 1.99. The predicted molar refractivity (Wildman–Crippen MR) is 97.2 cm³/mol. The van der Waals surface area contributed by atoms with E-state index in [2.05, 4.69) is 51.2 Å². The number of ether oxygens (including phenoxy) is 1. The minimum atomic E-state index is 0.493. The standard InChI is InChI=1S/C20H19BrN2O/c21-17-4-1-14(2-5-17)7-8-23-11-16-13-24-20-6-3-15(10-22)9-18(20)19(16)12-23/h1-6,9,16,19H,7-8,11-13H2/t16-,19+/m0/s1. The summed E-state index contributed by atoms with van der Waals surface area (Å²) in [5, 5.41) is 9.16. The summed E-state index contributed by atoms with van der Waals surface area (Å²) in [6.07, 6.45) is 1.07. The van der Waals surface area contributed by atoms with Gasteiger partial charge in [-0.2, -0.15) is 5.26 Å². The van der Waals surface area contributed by atoms with E-state index in [0.29, 0.717) is 11.8 Å². The van der Waals surface area contributed by atoms with Crippen molar-refractivity contribution in [1.29, 1.82) is 5.26 Å². The van der Waals surface area contributed by atoms with Crippen molar-refractivity contribution in [3.05, 3.63) is 63.6 Å². The molecule has 2 aromatic rings. The zero-order valence-corrected chi connectivity index (χ0v) is 15.0. The van der Waals surface area contributed by atoms with E-state index in [0.717, 1.165) is 48.4 Å². The Morgan fingerprint density at radius 3 is 2.79 bits per heavy atom. The van der Waals surface area contributed by atoms with Gasteiger partial charge in [0.15, 0.2) is 0 Å². The van der Waals surface area contributed by atoms with Gasteiger partial charge in [0.05, 0.1) is 18.2 Å². The molecule has 2 aliphatic heterocycles. The molecule has 2 aromatic carbocycles. The molecule has 0 spiro atoms. The molecule has 3 nitrogen and oxygen atoms in total. The fourth-order valence-electron chi connectivity index (χ4n) is 3.84. The van der Waals surface area contributed by atoms with Gasteiger partial charge in [0.25, 0.3) is 0 Å². The molecule has 0 bridgehead atoms. The highest BCUT2D eigenvalue weighted by Gasteiger charge is 2.38. The van der Waals surface area contributed by atoms with E-state index < -0.39 is 0 Å². The Hall–Kier alpha value is -1.83. The second kappa shape index (κ2) is 6.58. The molecule has 0 unspecified atom stereocenters. The molecule has 2 aliphatic rings. The van der Waals surface area contributed by atoms with Crippen LogP contribution in [0.4, 0.5) is 0 Å². The average Bonchev–Trinajstić information content (AvgIpc) is 3.04. The topological polar surface area (TPSA) is 36.3 Å². The van der Waals surface area contributed by atoms with E-state index >= 15 is 0 Å². The molecule has 2 atom stereocenters. The molecule has 0 saturated carbocycles. The average molecular weight is 383 g/mol. The summed E-state index contributed by atoms with van der Waals surface area (Å²) in [4.78, 5) is 2.54. The van der Waals surface area contributed by atoms with Gasteiger partial charge >= 0.3 is 0 Å². The number of nitriles is 1. The van der Waals surface area contributed by atoms with Crippen molar-refractivity contribution in [2.45, 2.75) is 12.3 Å². The SMILES string of the molecule is N#Cc1ccc2c(c1)[C@@H]1CN(CCc3ccc(Br)cc3)C[C@H]1CO2. The molecule has 0 N–H and O–H groups in total. The summed E-state index contributed by atoms with van der Waals surface area (Å²) in [5.41, 5.74) is 3.32. The number of benzene rings is 2. The van der Waals surface area contributed by atoms with E-state index in [-0.39, 0.29) is 0 Å². The van der Waals surface area contributed by atoms with Crippen LogP contribution in [0, 0.1) is 17.2 Å². The van der Waals surface area contributed by atoms with Gasteiger partial charge in [-0.1, -0.05) is 28.1 Å². The van der Waals surface area contributed by atoms with Crippen LogP contribution in [0.25, 0.3) is 0 Å². The largest absolute Gasteiger partial charge is 0.493 e. The lowest BCUT2D eigenvalue weighted by Gasteiger charge is -2.27. The Morgan fingerprint density at radius 1 is 1.17 bits per heavy atom. The minimum absolute atomic E-state index is 0.493. The Kier molecular flexibility index (Phi) is 4.30. The van der Waals surface area contributed by atoms with Crippen molar-refractivity contribution in [3.8, 4) is 11.8 Å². The highest BCUT2D eigenvalue weighted by molar-refractivity contribution is 9.10. The molecule has 0 amide bonds. The number of nitrogens with zero attached hydrogens (tertiary/aromatic N) is 2. The van der Waals surface area contributed by atoms with Gasteiger partial charge in [0.2, 0.25) is 0 Å². The molecule has 0 aliphatic carbocycles. The van der Waals surface area contributed by atoms with Gasteiger partial charge in [-0.25, -0.2) is 0 Å². The van der Waals surface area contributed by atoms with E-state index in [4.69, 9.17) is 10.00 Å². The van der Waals surface area contributed by atoms with Gasteiger partial charge in [-0.15, -0.1) is 0 Å². The summed E-state index contributed by atoms with van der Waals surface area (Å²) in [7, 11) is 0. The number of halogens is 1. The fourth-order valence-corrected chi connectivity index (χ4v) is 4.10. The van der Waals surface area contributed by atoms with Crippen LogP contribution in [-0.4, -0.2) is 31.1 Å². The molecule has 0 radical (unpaired) electrons. The third-order valence-corrected chi connectivity index (χ3v) is 5.67. The Morgan fingerprint density at radius 2 is 2.00 bits per heavy atom. The Balaban J connectivity index is 1.45. The number of hydrogen-bond donors (Lipinski definition) is 0. The van der Waals surface area contributed by atoms with Crippen LogP contribution in [0.15, 0.2) is 46.9 Å².